The van der Waals surface area contributed by atoms with Crippen molar-refractivity contribution in [2.45, 2.75) is 39.5 Å². The van der Waals surface area contributed by atoms with Crippen molar-refractivity contribution in [1.82, 2.24) is 0 Å². The van der Waals surface area contributed by atoms with Gasteiger partial charge in [0.25, 0.3) is 0 Å². The van der Waals surface area contributed by atoms with Gasteiger partial charge in [-0.25, -0.2) is 0 Å². The van der Waals surface area contributed by atoms with Gasteiger partial charge in [0.15, 0.2) is 5.78 Å². The first-order chi connectivity index (χ1) is 4.77. The van der Waals surface area contributed by atoms with Crippen LogP contribution in [0.15, 0.2) is 12.2 Å². The number of carbonyl (C=O) groups is 1. The predicted octanol–water partition coefficient (Wildman–Crippen LogP) is 1.80. The molecule has 0 fully saturated rings. The van der Waals surface area contributed by atoms with Crippen molar-refractivity contribution in [3.63, 3.8) is 0 Å². The van der Waals surface area contributed by atoms with Crippen molar-refractivity contribution in [1.29, 1.82) is 0 Å². The quantitative estimate of drug-likeness (QED) is 0.398. The minimum absolute atomic E-state index is 0. The molecule has 0 rings (SSSR count). The normalized spacial score (nSPS) is 7.57. The predicted molar refractivity (Wildman–Crippen MR) is 55.5 cm³/mol. The number of hydrogen-bond donors (Lipinski definition) is 0. The Balaban J connectivity index is -0.0000000675. The Kier molecular flexibility index (Phi) is 48.0. The Labute approximate surface area is 96.4 Å². The van der Waals surface area contributed by atoms with Crippen molar-refractivity contribution >= 4 is 23.1 Å². The summed E-state index contributed by atoms with van der Waals surface area (Å²) in [6, 6.07) is 0. The summed E-state index contributed by atoms with van der Waals surface area (Å²) in [6.45, 7) is 3.75. The van der Waals surface area contributed by atoms with Gasteiger partial charge in [0.1, 0.15) is 0 Å². The standard InChI is InChI=1S/C9H16O.Al.3H2O/c1-3-4-5-6-7-8-9(2)10;;;;/h7-8H,3-6H2,1-2H3;;3*1H2/q;+3;;;/p-3. The zero-order valence-electron chi connectivity index (χ0n) is 8.81. The van der Waals surface area contributed by atoms with Crippen LogP contribution in [0.1, 0.15) is 39.5 Å². The summed E-state index contributed by atoms with van der Waals surface area (Å²) in [5.41, 5.74) is 0. The summed E-state index contributed by atoms with van der Waals surface area (Å²) in [7, 11) is 0. The largest absolute Gasteiger partial charge is 3.00 e. The topological polar surface area (TPSA) is 107 Å². The summed E-state index contributed by atoms with van der Waals surface area (Å²) in [6.07, 6.45) is 8.37. The molecule has 5 heteroatoms. The van der Waals surface area contributed by atoms with E-state index in [2.05, 4.69) is 6.92 Å². The van der Waals surface area contributed by atoms with E-state index in [1.165, 1.54) is 19.3 Å². The molecule has 0 bridgehead atoms. The average molecular weight is 218 g/mol. The van der Waals surface area contributed by atoms with E-state index in [1.807, 2.05) is 6.08 Å². The van der Waals surface area contributed by atoms with E-state index >= 15 is 0 Å². The van der Waals surface area contributed by atoms with E-state index in [0.29, 0.717) is 0 Å². The van der Waals surface area contributed by atoms with E-state index in [9.17, 15) is 4.79 Å². The molecule has 0 aliphatic carbocycles. The third-order valence-corrected chi connectivity index (χ3v) is 1.33. The summed E-state index contributed by atoms with van der Waals surface area (Å²) >= 11 is 0. The molecule has 0 amide bonds. The summed E-state index contributed by atoms with van der Waals surface area (Å²) in [5, 5.41) is 0. The molecular weight excluding hydrogens is 199 g/mol. The average Bonchev–Trinajstić information content (AvgIpc) is 1.87. The van der Waals surface area contributed by atoms with E-state index in [-0.39, 0.29) is 39.6 Å². The molecule has 82 valence electrons. The summed E-state index contributed by atoms with van der Waals surface area (Å²) < 4.78 is 0. The van der Waals surface area contributed by atoms with Gasteiger partial charge >= 0.3 is 17.4 Å². The van der Waals surface area contributed by atoms with Gasteiger partial charge in [-0.05, 0) is 25.8 Å². The fourth-order valence-corrected chi connectivity index (χ4v) is 0.761. The first kappa shape index (κ1) is 29.2. The van der Waals surface area contributed by atoms with E-state index in [1.54, 1.807) is 13.0 Å². The number of carbonyl (C=O) groups excluding carboxylic acids is 1. The second-order valence-corrected chi connectivity index (χ2v) is 2.51. The van der Waals surface area contributed by atoms with E-state index < -0.39 is 0 Å². The summed E-state index contributed by atoms with van der Waals surface area (Å²) in [4.78, 5) is 10.4. The molecule has 0 unspecified atom stereocenters. The van der Waals surface area contributed by atoms with Gasteiger partial charge in [0, 0.05) is 0 Å². The Morgan fingerprint density at radius 2 is 1.64 bits per heavy atom. The molecule has 0 aliphatic heterocycles. The number of ketones is 1. The fourth-order valence-electron chi connectivity index (χ4n) is 0.761. The smallest absolute Gasteiger partial charge is 0.870 e. The van der Waals surface area contributed by atoms with Crippen LogP contribution in [0, 0.1) is 0 Å². The van der Waals surface area contributed by atoms with Gasteiger partial charge in [-0.15, -0.1) is 0 Å². The maximum Gasteiger partial charge on any atom is 3.00 e. The van der Waals surface area contributed by atoms with E-state index in [4.69, 9.17) is 0 Å². The zero-order valence-corrected chi connectivity index (χ0v) is 9.97. The first-order valence-electron chi connectivity index (χ1n) is 3.94. The van der Waals surface area contributed by atoms with Gasteiger partial charge in [0.2, 0.25) is 0 Å². The maximum absolute atomic E-state index is 10.4. The Morgan fingerprint density at radius 1 is 1.14 bits per heavy atom. The van der Waals surface area contributed by atoms with Crippen molar-refractivity contribution in [3.05, 3.63) is 12.2 Å². The zero-order chi connectivity index (χ0) is 7.82. The van der Waals surface area contributed by atoms with Crippen LogP contribution in [-0.2, 0) is 4.79 Å². The molecule has 0 aromatic rings. The second kappa shape index (κ2) is 23.0. The fraction of sp³-hybridized carbons (Fsp3) is 0.667. The molecule has 0 saturated heterocycles. The molecule has 3 N–H and O–H groups in total. The monoisotopic (exact) mass is 218 g/mol. The molecular formula is C9H19AlO4. The maximum atomic E-state index is 10.4. The number of hydrogen-bond acceptors (Lipinski definition) is 4. The number of unbranched alkanes of at least 4 members (excludes halogenated alkanes) is 3. The molecule has 0 radical (unpaired) electrons. The minimum Gasteiger partial charge on any atom is -0.870 e. The second-order valence-electron chi connectivity index (χ2n) is 2.51. The van der Waals surface area contributed by atoms with Crippen molar-refractivity contribution in [2.75, 3.05) is 0 Å². The molecule has 4 nitrogen and oxygen atoms in total. The van der Waals surface area contributed by atoms with Crippen molar-refractivity contribution in [3.8, 4) is 0 Å². The molecule has 0 aliphatic rings. The molecule has 0 heterocycles. The third kappa shape index (κ3) is 29.7. The van der Waals surface area contributed by atoms with Crippen LogP contribution >= 0.6 is 0 Å². The van der Waals surface area contributed by atoms with Crippen LogP contribution in [-0.4, -0.2) is 39.6 Å². The van der Waals surface area contributed by atoms with Crippen LogP contribution in [0.5, 0.6) is 0 Å². The van der Waals surface area contributed by atoms with Crippen LogP contribution in [0.25, 0.3) is 0 Å². The number of allylic oxidation sites excluding steroid dienone is 2. The van der Waals surface area contributed by atoms with E-state index in [0.717, 1.165) is 6.42 Å². The molecule has 0 saturated carbocycles. The Morgan fingerprint density at radius 3 is 2.00 bits per heavy atom. The molecule has 0 spiro atoms. The van der Waals surface area contributed by atoms with Gasteiger partial charge in [0.05, 0.1) is 0 Å². The Hall–Kier alpha value is -0.178. The Bertz CT molecular complexity index is 126. The van der Waals surface area contributed by atoms with Crippen molar-refractivity contribution < 1.29 is 21.2 Å². The SMILES string of the molecule is CCCCCC=CC(C)=O.[Al+3].[OH-].[OH-].[OH-]. The van der Waals surface area contributed by atoms with Crippen molar-refractivity contribution in [2.24, 2.45) is 0 Å². The van der Waals surface area contributed by atoms with Crippen LogP contribution < -0.4 is 0 Å². The van der Waals surface area contributed by atoms with Gasteiger partial charge in [-0.2, -0.15) is 0 Å². The molecule has 0 aromatic heterocycles. The minimum atomic E-state index is 0. The van der Waals surface area contributed by atoms with Gasteiger partial charge < -0.3 is 16.4 Å². The molecule has 0 aromatic carbocycles. The van der Waals surface area contributed by atoms with Crippen LogP contribution in [0.3, 0.4) is 0 Å². The molecule has 0 atom stereocenters. The van der Waals surface area contributed by atoms with Gasteiger partial charge in [-0.1, -0.05) is 25.8 Å². The summed E-state index contributed by atoms with van der Waals surface area (Å²) in [5.74, 6) is 0.150. The molecule has 14 heavy (non-hydrogen) atoms. The van der Waals surface area contributed by atoms with Crippen LogP contribution in [0.4, 0.5) is 0 Å². The number of rotatable bonds is 5. The van der Waals surface area contributed by atoms with Crippen LogP contribution in [0.2, 0.25) is 0 Å². The first-order valence-corrected chi connectivity index (χ1v) is 3.94. The third-order valence-electron chi connectivity index (χ3n) is 1.33. The van der Waals surface area contributed by atoms with Gasteiger partial charge in [-0.3, -0.25) is 4.79 Å².